The molecule has 0 unspecified atom stereocenters. The van der Waals surface area contributed by atoms with E-state index in [9.17, 15) is 18.3 Å². The van der Waals surface area contributed by atoms with Crippen molar-refractivity contribution in [1.82, 2.24) is 0 Å². The van der Waals surface area contributed by atoms with Crippen LogP contribution in [0.15, 0.2) is 83.8 Å². The molecule has 150 valence electrons. The summed E-state index contributed by atoms with van der Waals surface area (Å²) < 4.78 is 33.9. The number of hydrogen-bond donors (Lipinski definition) is 0. The molecule has 3 aromatic rings. The Balaban J connectivity index is 2.14. The van der Waals surface area contributed by atoms with E-state index in [0.717, 1.165) is 11.6 Å². The Morgan fingerprint density at radius 2 is 1.66 bits per heavy atom. The zero-order valence-electron chi connectivity index (χ0n) is 15.8. The lowest BCUT2D eigenvalue weighted by Gasteiger charge is -2.26. The van der Waals surface area contributed by atoms with Gasteiger partial charge in [0.25, 0.3) is 10.0 Å². The highest BCUT2D eigenvalue weighted by atomic mass is 32.2. The highest BCUT2D eigenvalue weighted by molar-refractivity contribution is 7.92. The maximum Gasteiger partial charge on any atom is 0.264 e. The lowest BCUT2D eigenvalue weighted by molar-refractivity contribution is -0.255. The second kappa shape index (κ2) is 8.79. The normalized spacial score (nSPS) is 11.1. The van der Waals surface area contributed by atoms with Gasteiger partial charge < -0.3 is 14.6 Å². The van der Waals surface area contributed by atoms with E-state index in [-0.39, 0.29) is 17.0 Å². The van der Waals surface area contributed by atoms with E-state index in [1.165, 1.54) is 22.5 Å². The van der Waals surface area contributed by atoms with Gasteiger partial charge in [-0.3, -0.25) is 4.31 Å². The number of carboxylic acid groups (broad SMARTS) is 1. The standard InChI is InChI=1S/C22H21NO5S/c1-2-28-21-14-7-6-13-20(21)23(16-17-9-4-3-5-10-17)29(26,27)19-12-8-11-18(15-19)22(24)25/h3-15H,2,16H2,1H3,(H,24,25)/p-1. The van der Waals surface area contributed by atoms with Gasteiger partial charge in [-0.2, -0.15) is 0 Å². The van der Waals surface area contributed by atoms with Crippen molar-refractivity contribution in [3.05, 3.63) is 90.0 Å². The van der Waals surface area contributed by atoms with Crippen molar-refractivity contribution in [2.45, 2.75) is 18.4 Å². The van der Waals surface area contributed by atoms with Gasteiger partial charge in [-0.1, -0.05) is 54.6 Å². The molecule has 0 saturated heterocycles. The van der Waals surface area contributed by atoms with E-state index in [1.54, 1.807) is 24.3 Å². The van der Waals surface area contributed by atoms with Crippen molar-refractivity contribution < 1.29 is 23.1 Å². The van der Waals surface area contributed by atoms with Gasteiger partial charge in [-0.05, 0) is 42.3 Å². The molecule has 0 aromatic heterocycles. The number of nitrogens with zero attached hydrogens (tertiary/aromatic N) is 1. The van der Waals surface area contributed by atoms with Crippen molar-refractivity contribution in [2.24, 2.45) is 0 Å². The minimum atomic E-state index is -4.09. The predicted molar refractivity (Wildman–Crippen MR) is 108 cm³/mol. The number of hydrogen-bond acceptors (Lipinski definition) is 5. The van der Waals surface area contributed by atoms with Gasteiger partial charge in [0.15, 0.2) is 0 Å². The molecule has 0 heterocycles. The van der Waals surface area contributed by atoms with Crippen LogP contribution < -0.4 is 14.1 Å². The van der Waals surface area contributed by atoms with Crippen LogP contribution in [-0.4, -0.2) is 21.0 Å². The summed E-state index contributed by atoms with van der Waals surface area (Å²) in [4.78, 5) is 11.1. The Hall–Kier alpha value is -3.32. The second-order valence-corrected chi connectivity index (χ2v) is 8.08. The van der Waals surface area contributed by atoms with Crippen molar-refractivity contribution in [2.75, 3.05) is 10.9 Å². The van der Waals surface area contributed by atoms with Gasteiger partial charge in [0.1, 0.15) is 5.75 Å². The number of carboxylic acids is 1. The van der Waals surface area contributed by atoms with E-state index < -0.39 is 16.0 Å². The van der Waals surface area contributed by atoms with Crippen LogP contribution in [0.25, 0.3) is 0 Å². The number of carbonyl (C=O) groups excluding carboxylic acids is 1. The fourth-order valence-electron chi connectivity index (χ4n) is 2.90. The van der Waals surface area contributed by atoms with Crippen LogP contribution >= 0.6 is 0 Å². The van der Waals surface area contributed by atoms with Crippen molar-refractivity contribution in [1.29, 1.82) is 0 Å². The first-order chi connectivity index (χ1) is 13.9. The molecule has 0 spiro atoms. The fourth-order valence-corrected chi connectivity index (χ4v) is 4.41. The largest absolute Gasteiger partial charge is 0.545 e. The summed E-state index contributed by atoms with van der Waals surface area (Å²) in [6, 6.07) is 21.1. The third-order valence-electron chi connectivity index (χ3n) is 4.26. The van der Waals surface area contributed by atoms with Crippen LogP contribution in [0.1, 0.15) is 22.8 Å². The fraction of sp³-hybridized carbons (Fsp3) is 0.136. The quantitative estimate of drug-likeness (QED) is 0.570. The lowest BCUT2D eigenvalue weighted by atomic mass is 10.2. The van der Waals surface area contributed by atoms with Crippen molar-refractivity contribution in [3.8, 4) is 5.75 Å². The Morgan fingerprint density at radius 3 is 2.34 bits per heavy atom. The van der Waals surface area contributed by atoms with Gasteiger partial charge in [-0.15, -0.1) is 0 Å². The monoisotopic (exact) mass is 410 g/mol. The maximum absolute atomic E-state index is 13.5. The van der Waals surface area contributed by atoms with E-state index >= 15 is 0 Å². The van der Waals surface area contributed by atoms with E-state index in [1.807, 2.05) is 37.3 Å². The summed E-state index contributed by atoms with van der Waals surface area (Å²) >= 11 is 0. The van der Waals surface area contributed by atoms with Crippen LogP contribution in [0.5, 0.6) is 5.75 Å². The minimum Gasteiger partial charge on any atom is -0.545 e. The summed E-state index contributed by atoms with van der Waals surface area (Å²) in [5.74, 6) is -1.02. The first kappa shape index (κ1) is 20.4. The molecule has 0 aliphatic rings. The Kier molecular flexibility index (Phi) is 6.19. The molecular formula is C22H20NO5S-. The van der Waals surface area contributed by atoms with Crippen LogP contribution in [0.4, 0.5) is 5.69 Å². The zero-order chi connectivity index (χ0) is 20.9. The molecule has 29 heavy (non-hydrogen) atoms. The topological polar surface area (TPSA) is 86.7 Å². The molecule has 0 radical (unpaired) electrons. The van der Waals surface area contributed by atoms with Gasteiger partial charge in [0.05, 0.1) is 29.7 Å². The van der Waals surface area contributed by atoms with E-state index in [2.05, 4.69) is 0 Å². The summed E-state index contributed by atoms with van der Waals surface area (Å²) in [6.07, 6.45) is 0. The first-order valence-corrected chi connectivity index (χ1v) is 10.5. The van der Waals surface area contributed by atoms with Gasteiger partial charge in [-0.25, -0.2) is 8.42 Å². The van der Waals surface area contributed by atoms with Crippen LogP contribution in [0, 0.1) is 0 Å². The molecule has 0 amide bonds. The molecule has 0 saturated carbocycles. The van der Waals surface area contributed by atoms with Crippen LogP contribution in [0.2, 0.25) is 0 Å². The van der Waals surface area contributed by atoms with Gasteiger partial charge in [0, 0.05) is 0 Å². The molecule has 3 rings (SSSR count). The molecule has 0 atom stereocenters. The highest BCUT2D eigenvalue weighted by Crippen LogP contribution is 2.34. The SMILES string of the molecule is CCOc1ccccc1N(Cc1ccccc1)S(=O)(=O)c1cccc(C(=O)[O-])c1. The average molecular weight is 410 g/mol. The number of ether oxygens (including phenoxy) is 1. The molecule has 0 aliphatic carbocycles. The Morgan fingerprint density at radius 1 is 0.966 bits per heavy atom. The summed E-state index contributed by atoms with van der Waals surface area (Å²) in [7, 11) is -4.09. The highest BCUT2D eigenvalue weighted by Gasteiger charge is 2.28. The lowest BCUT2D eigenvalue weighted by Crippen LogP contribution is -2.31. The second-order valence-electron chi connectivity index (χ2n) is 6.21. The smallest absolute Gasteiger partial charge is 0.264 e. The number of para-hydroxylation sites is 2. The van der Waals surface area contributed by atoms with Crippen molar-refractivity contribution >= 4 is 21.7 Å². The summed E-state index contributed by atoms with van der Waals surface area (Å²) in [5.41, 5.74) is 0.944. The minimum absolute atomic E-state index is 0.0583. The number of anilines is 1. The molecule has 0 bridgehead atoms. The van der Waals surface area contributed by atoms with Gasteiger partial charge >= 0.3 is 0 Å². The number of benzene rings is 3. The third kappa shape index (κ3) is 4.57. The number of aromatic carboxylic acids is 1. The molecule has 0 N–H and O–H groups in total. The summed E-state index contributed by atoms with van der Waals surface area (Å²) in [5, 5.41) is 11.2. The van der Waals surface area contributed by atoms with Gasteiger partial charge in [0.2, 0.25) is 0 Å². The summed E-state index contributed by atoms with van der Waals surface area (Å²) in [6.45, 7) is 2.25. The number of sulfonamides is 1. The van der Waals surface area contributed by atoms with Crippen LogP contribution in [0.3, 0.4) is 0 Å². The Bertz CT molecular complexity index is 1100. The average Bonchev–Trinajstić information content (AvgIpc) is 2.73. The van der Waals surface area contributed by atoms with Crippen molar-refractivity contribution in [3.63, 3.8) is 0 Å². The zero-order valence-corrected chi connectivity index (χ0v) is 16.6. The van der Waals surface area contributed by atoms with Crippen LogP contribution in [-0.2, 0) is 16.6 Å². The third-order valence-corrected chi connectivity index (χ3v) is 6.02. The molecular weight excluding hydrogens is 390 g/mol. The number of rotatable bonds is 8. The molecule has 6 nitrogen and oxygen atoms in total. The number of carbonyl (C=O) groups is 1. The molecule has 3 aromatic carbocycles. The molecule has 0 aliphatic heterocycles. The molecule has 7 heteroatoms. The maximum atomic E-state index is 13.5. The molecule has 0 fully saturated rings. The van der Waals surface area contributed by atoms with E-state index in [0.29, 0.717) is 18.0 Å². The first-order valence-electron chi connectivity index (χ1n) is 9.03. The predicted octanol–water partition coefficient (Wildman–Crippen LogP) is 2.84. The Labute approximate surface area is 170 Å². The van der Waals surface area contributed by atoms with E-state index in [4.69, 9.17) is 4.74 Å².